The Morgan fingerprint density at radius 2 is 2.03 bits per heavy atom. The molecule has 35 heavy (non-hydrogen) atoms. The first kappa shape index (κ1) is 22.3. The molecule has 6 rings (SSSR count). The maximum atomic E-state index is 9.20. The second-order valence-corrected chi connectivity index (χ2v) is 8.03. The second kappa shape index (κ2) is 9.02. The number of oxazole rings is 1. The van der Waals surface area contributed by atoms with E-state index in [1.807, 2.05) is 32.2 Å². The van der Waals surface area contributed by atoms with Gasteiger partial charge in [0.2, 0.25) is 0 Å². The van der Waals surface area contributed by atoms with E-state index >= 15 is 0 Å². The van der Waals surface area contributed by atoms with Crippen molar-refractivity contribution in [3.8, 4) is 17.2 Å². The molecule has 12 heteroatoms. The highest BCUT2D eigenvalue weighted by Gasteiger charge is 2.24. The van der Waals surface area contributed by atoms with Crippen LogP contribution in [0.4, 0.5) is 11.8 Å². The third-order valence-electron chi connectivity index (χ3n) is 5.91. The summed E-state index contributed by atoms with van der Waals surface area (Å²) >= 11 is 0. The van der Waals surface area contributed by atoms with Crippen LogP contribution in [0.1, 0.15) is 30.9 Å². The number of nitrogen functional groups attached to an aromatic ring is 2. The number of hydrogen-bond acceptors (Lipinski definition) is 10. The minimum atomic E-state index is 0.0293. The molecule has 174 valence electrons. The van der Waals surface area contributed by atoms with E-state index in [1.165, 1.54) is 6.33 Å². The van der Waals surface area contributed by atoms with Gasteiger partial charge in [-0.2, -0.15) is 10.1 Å². The molecule has 5 heterocycles. The molecule has 0 spiro atoms. The van der Waals surface area contributed by atoms with Gasteiger partial charge in [0, 0.05) is 23.4 Å². The summed E-state index contributed by atoms with van der Waals surface area (Å²) in [5.41, 5.74) is 17.1. The van der Waals surface area contributed by atoms with Crippen molar-refractivity contribution in [3.63, 3.8) is 0 Å². The number of nitriles is 1. The number of anilines is 2. The first-order chi connectivity index (χ1) is 17.1. The Bertz CT molecular complexity index is 1590. The van der Waals surface area contributed by atoms with E-state index in [-0.39, 0.29) is 12.7 Å². The van der Waals surface area contributed by atoms with E-state index < -0.39 is 0 Å². The third-order valence-corrected chi connectivity index (χ3v) is 5.91. The predicted molar refractivity (Wildman–Crippen MR) is 133 cm³/mol. The minimum absolute atomic E-state index is 0.0293. The molecule has 11 nitrogen and oxygen atoms in total. The lowest BCUT2D eigenvalue weighted by molar-refractivity contribution is 0.626. The maximum Gasteiger partial charge on any atom is 0.292 e. The topological polar surface area (TPSA) is 171 Å². The molecule has 0 atom stereocenters. The van der Waals surface area contributed by atoms with Gasteiger partial charge in [0.05, 0.1) is 5.39 Å². The molecule has 0 saturated carbocycles. The number of nitrogens with two attached hydrogens (primary N) is 2. The fourth-order valence-corrected chi connectivity index (χ4v) is 4.30. The zero-order chi connectivity index (χ0) is 24.5. The van der Waals surface area contributed by atoms with Gasteiger partial charge in [-0.25, -0.2) is 29.9 Å². The molecule has 1 aliphatic heterocycles. The second-order valence-electron chi connectivity index (χ2n) is 8.03. The SMILES string of the molecule is CC.N#CB1CCc2nc(Cn3nc(-c4ccc5oc(N)nc5c4)c4c(N)ncnc43)ncc2C1. The number of rotatable bonds is 3. The van der Waals surface area contributed by atoms with Gasteiger partial charge < -0.3 is 15.9 Å². The highest BCUT2D eigenvalue weighted by atomic mass is 16.4. The van der Waals surface area contributed by atoms with Crippen LogP contribution in [-0.4, -0.2) is 41.4 Å². The standard InChI is InChI=1S/C21H17BN10O.C2H6/c23-9-22-4-3-13-12(6-22)7-26-16(29-13)8-32-20-17(19(24)27-10-28-20)18(31-32)11-1-2-15-14(5-11)30-21(25)33-15;1-2/h1-2,5,7,10H,3-4,6,8H2,(H2,25,30)(H2,24,27,28);1-2H3. The Hall–Kier alpha value is -4.53. The Morgan fingerprint density at radius 1 is 1.17 bits per heavy atom. The minimum Gasteiger partial charge on any atom is -0.424 e. The summed E-state index contributed by atoms with van der Waals surface area (Å²) < 4.78 is 7.10. The number of aromatic nitrogens is 7. The van der Waals surface area contributed by atoms with Gasteiger partial charge in [-0.1, -0.05) is 20.2 Å². The number of fused-ring (bicyclic) bond motifs is 3. The van der Waals surface area contributed by atoms with E-state index in [4.69, 9.17) is 26.0 Å². The summed E-state index contributed by atoms with van der Waals surface area (Å²) in [5.74, 6) is 3.29. The molecule has 0 amide bonds. The average molecular weight is 466 g/mol. The maximum absolute atomic E-state index is 9.20. The molecule has 1 aliphatic rings. The van der Waals surface area contributed by atoms with E-state index in [0.29, 0.717) is 52.3 Å². The highest BCUT2D eigenvalue weighted by Crippen LogP contribution is 2.32. The predicted octanol–water partition coefficient (Wildman–Crippen LogP) is 2.86. The van der Waals surface area contributed by atoms with Crippen molar-refractivity contribution >= 4 is 40.7 Å². The van der Waals surface area contributed by atoms with Gasteiger partial charge in [0.25, 0.3) is 12.7 Å². The Labute approximate surface area is 201 Å². The summed E-state index contributed by atoms with van der Waals surface area (Å²) in [6.07, 6.45) is 5.51. The summed E-state index contributed by atoms with van der Waals surface area (Å²) in [6, 6.07) is 5.60. The van der Waals surface area contributed by atoms with E-state index in [0.717, 1.165) is 29.6 Å². The number of hydrogen-bond donors (Lipinski definition) is 2. The Morgan fingerprint density at radius 3 is 2.86 bits per heavy atom. The Kier molecular flexibility index (Phi) is 5.74. The van der Waals surface area contributed by atoms with E-state index in [1.54, 1.807) is 10.7 Å². The molecule has 1 aromatic carbocycles. The smallest absolute Gasteiger partial charge is 0.292 e. The normalized spacial score (nSPS) is 12.8. The monoisotopic (exact) mass is 466 g/mol. The molecule has 0 saturated heterocycles. The molecule has 0 unspecified atom stereocenters. The molecular formula is C23H23BN10O. The van der Waals surface area contributed by atoms with Crippen LogP contribution in [0, 0.1) is 11.2 Å². The Balaban J connectivity index is 0.00000124. The first-order valence-corrected chi connectivity index (χ1v) is 11.5. The van der Waals surface area contributed by atoms with Gasteiger partial charge in [-0.05, 0) is 36.5 Å². The molecule has 0 bridgehead atoms. The van der Waals surface area contributed by atoms with Gasteiger partial charge >= 0.3 is 0 Å². The van der Waals surface area contributed by atoms with Gasteiger partial charge in [-0.15, -0.1) is 0 Å². The number of nitrogens with zero attached hydrogens (tertiary/aromatic N) is 8. The zero-order valence-corrected chi connectivity index (χ0v) is 19.4. The first-order valence-electron chi connectivity index (χ1n) is 11.5. The van der Waals surface area contributed by atoms with Crippen LogP contribution in [0.15, 0.2) is 35.1 Å². The molecule has 0 radical (unpaired) electrons. The summed E-state index contributed by atoms with van der Waals surface area (Å²) in [5, 5.41) is 14.6. The van der Waals surface area contributed by atoms with Crippen molar-refractivity contribution in [1.82, 2.24) is 34.7 Å². The largest absolute Gasteiger partial charge is 0.424 e. The lowest BCUT2D eigenvalue weighted by atomic mass is 9.43. The van der Waals surface area contributed by atoms with E-state index in [2.05, 4.69) is 25.9 Å². The fourth-order valence-electron chi connectivity index (χ4n) is 4.30. The van der Waals surface area contributed by atoms with Crippen LogP contribution >= 0.6 is 0 Å². The molecule has 5 aromatic rings. The van der Waals surface area contributed by atoms with Gasteiger partial charge in [0.15, 0.2) is 11.2 Å². The van der Waals surface area contributed by atoms with Crippen LogP contribution in [0.3, 0.4) is 0 Å². The molecule has 0 aliphatic carbocycles. The van der Waals surface area contributed by atoms with Crippen LogP contribution in [0.5, 0.6) is 0 Å². The lowest BCUT2D eigenvalue weighted by Crippen LogP contribution is -2.23. The van der Waals surface area contributed by atoms with Crippen molar-refractivity contribution in [3.05, 3.63) is 47.8 Å². The van der Waals surface area contributed by atoms with Crippen molar-refractivity contribution in [1.29, 1.82) is 5.26 Å². The van der Waals surface area contributed by atoms with Crippen molar-refractivity contribution in [2.75, 3.05) is 11.5 Å². The lowest BCUT2D eigenvalue weighted by Gasteiger charge is -2.16. The summed E-state index contributed by atoms with van der Waals surface area (Å²) in [4.78, 5) is 22.0. The van der Waals surface area contributed by atoms with Crippen LogP contribution in [0.2, 0.25) is 6.32 Å². The van der Waals surface area contributed by atoms with Gasteiger partial charge in [-0.3, -0.25) is 0 Å². The molecule has 4 aromatic heterocycles. The van der Waals surface area contributed by atoms with E-state index in [9.17, 15) is 5.26 Å². The summed E-state index contributed by atoms with van der Waals surface area (Å²) in [7, 11) is 0. The van der Waals surface area contributed by atoms with Crippen molar-refractivity contribution in [2.45, 2.75) is 39.5 Å². The molecular weight excluding hydrogens is 443 g/mol. The summed E-state index contributed by atoms with van der Waals surface area (Å²) in [6.45, 7) is 4.35. The van der Waals surface area contributed by atoms with Crippen LogP contribution in [0.25, 0.3) is 33.4 Å². The molecule has 0 fully saturated rings. The van der Waals surface area contributed by atoms with Gasteiger partial charge in [0.1, 0.15) is 35.7 Å². The number of aryl methyl sites for hydroxylation is 1. The van der Waals surface area contributed by atoms with Crippen molar-refractivity contribution < 1.29 is 4.42 Å². The quantitative estimate of drug-likeness (QED) is 0.377. The molecule has 4 N–H and O–H groups in total. The fraction of sp³-hybridized carbons (Fsp3) is 0.261. The highest BCUT2D eigenvalue weighted by molar-refractivity contribution is 6.66. The van der Waals surface area contributed by atoms with Crippen LogP contribution in [-0.2, 0) is 19.3 Å². The number of benzene rings is 1. The third kappa shape index (κ3) is 4.01. The zero-order valence-electron chi connectivity index (χ0n) is 19.4. The van der Waals surface area contributed by atoms with Crippen LogP contribution < -0.4 is 11.5 Å². The van der Waals surface area contributed by atoms with Crippen molar-refractivity contribution in [2.24, 2.45) is 0 Å². The average Bonchev–Trinajstić information content (AvgIpc) is 3.44.